The molecular formula is C96H88N10O12Yb2. The quantitative estimate of drug-likeness (QED) is 0.0306. The Morgan fingerprint density at radius 1 is 0.217 bits per heavy atom. The van der Waals surface area contributed by atoms with E-state index >= 15 is 0 Å². The molecule has 0 amide bonds. The van der Waals surface area contributed by atoms with E-state index in [1.807, 2.05) is 207 Å². The molecule has 6 N–H and O–H groups in total. The summed E-state index contributed by atoms with van der Waals surface area (Å²) in [6.07, 6.45) is 28.1. The molecule has 18 rings (SSSR count). The molecule has 10 aromatic heterocycles. The van der Waals surface area contributed by atoms with Gasteiger partial charge < -0.3 is 89.3 Å². The number of para-hydroxylation sites is 6. The summed E-state index contributed by atoms with van der Waals surface area (Å²) in [5, 5.41) is 73.2. The molecule has 2 radical (unpaired) electrons. The van der Waals surface area contributed by atoms with Gasteiger partial charge in [0.25, 0.3) is 0 Å². The van der Waals surface area contributed by atoms with Crippen LogP contribution in [0.3, 0.4) is 0 Å². The first-order valence-corrected chi connectivity index (χ1v) is 39.2. The SMILES string of the molecule is O=C([O-])CCCc1c[nH]c2ccccc12.O=C([O-])CCCc1c[nH]c2ccccc12.O=C([O-])CCCc1c[nH]c2ccccc12.O=C([O-])CCCc1c[nH]c2ccccc12.O=C([O-])CCCc1c[nH]c2ccccc12.O=C([O-])CCCc1c[nH]c2ccccc12.[Yb+3].[Yb+3].c1cnc2c(c1)ccc1cccnc12.c1cnc2c(c1)ccc1cccnc12. The van der Waals surface area contributed by atoms with Crippen molar-refractivity contribution < 1.29 is 153 Å². The maximum atomic E-state index is 10.3. The van der Waals surface area contributed by atoms with E-state index in [-0.39, 0.29) is 132 Å². The van der Waals surface area contributed by atoms with Gasteiger partial charge in [-0.25, -0.2) is 0 Å². The number of benzene rings is 8. The van der Waals surface area contributed by atoms with Crippen LogP contribution in [0.1, 0.15) is 110 Å². The zero-order valence-electron chi connectivity index (χ0n) is 65.5. The molecule has 18 aromatic rings. The predicted molar refractivity (Wildman–Crippen MR) is 452 cm³/mol. The van der Waals surface area contributed by atoms with Gasteiger partial charge in [0.05, 0.1) is 22.1 Å². The van der Waals surface area contributed by atoms with Crippen LogP contribution in [0.4, 0.5) is 0 Å². The molecule has 22 nitrogen and oxygen atoms in total. The van der Waals surface area contributed by atoms with Gasteiger partial charge in [-0.1, -0.05) is 158 Å². The Balaban J connectivity index is 0.000000156. The van der Waals surface area contributed by atoms with Crippen LogP contribution in [0.5, 0.6) is 0 Å². The number of nitrogens with zero attached hydrogens (tertiary/aromatic N) is 4. The smallest absolute Gasteiger partial charge is 0.550 e. The molecule has 0 fully saturated rings. The van der Waals surface area contributed by atoms with Gasteiger partial charge in [0, 0.05) is 185 Å². The van der Waals surface area contributed by atoms with Crippen molar-refractivity contribution >= 4 is 145 Å². The summed E-state index contributed by atoms with van der Waals surface area (Å²) < 4.78 is 0. The fourth-order valence-electron chi connectivity index (χ4n) is 13.9. The molecular weight excluding hydrogens is 1830 g/mol. The number of pyridine rings is 4. The molecule has 0 aliphatic heterocycles. The maximum Gasteiger partial charge on any atom is 3.00 e. The van der Waals surface area contributed by atoms with Crippen molar-refractivity contribution in [2.45, 2.75) is 116 Å². The first-order valence-electron chi connectivity index (χ1n) is 39.2. The Morgan fingerprint density at radius 2 is 0.375 bits per heavy atom. The topological polar surface area (TPSA) is 387 Å². The van der Waals surface area contributed by atoms with E-state index in [2.05, 4.69) is 98.4 Å². The minimum atomic E-state index is -0.977. The van der Waals surface area contributed by atoms with Gasteiger partial charge in [-0.2, -0.15) is 0 Å². The van der Waals surface area contributed by atoms with Crippen molar-refractivity contribution in [3.63, 3.8) is 0 Å². The number of aryl methyl sites for hydroxylation is 6. The van der Waals surface area contributed by atoms with Crippen molar-refractivity contribution in [2.75, 3.05) is 0 Å². The van der Waals surface area contributed by atoms with Crippen molar-refractivity contribution in [1.29, 1.82) is 0 Å². The number of hydrogen-bond acceptors (Lipinski definition) is 16. The van der Waals surface area contributed by atoms with Gasteiger partial charge in [-0.3, -0.25) is 19.9 Å². The van der Waals surface area contributed by atoms with E-state index in [0.717, 1.165) is 115 Å². The summed E-state index contributed by atoms with van der Waals surface area (Å²) in [6.45, 7) is 0. The molecule has 0 bridgehead atoms. The molecule has 10 heterocycles. The molecule has 120 heavy (non-hydrogen) atoms. The number of fused-ring (bicyclic) bond motifs is 12. The third-order valence-corrected chi connectivity index (χ3v) is 19.7. The van der Waals surface area contributed by atoms with Crippen LogP contribution in [0, 0.1) is 93.8 Å². The Hall–Kier alpha value is -11.5. The van der Waals surface area contributed by atoms with Crippen LogP contribution in [0.15, 0.2) is 280 Å². The Morgan fingerprint density at radius 3 is 0.533 bits per heavy atom. The molecule has 0 spiro atoms. The van der Waals surface area contributed by atoms with Gasteiger partial charge in [-0.05, 0) is 210 Å². The number of H-pyrrole nitrogens is 6. The van der Waals surface area contributed by atoms with Gasteiger partial charge in [0.15, 0.2) is 0 Å². The fraction of sp³-hybridized carbons (Fsp3) is 0.188. The third-order valence-electron chi connectivity index (χ3n) is 19.7. The average molecular weight is 1920 g/mol. The maximum absolute atomic E-state index is 10.3. The summed E-state index contributed by atoms with van der Waals surface area (Å²) in [5.74, 6) is -5.86. The van der Waals surface area contributed by atoms with Crippen LogP contribution < -0.4 is 30.6 Å². The second kappa shape index (κ2) is 48.5. The van der Waals surface area contributed by atoms with E-state index < -0.39 is 35.8 Å². The van der Waals surface area contributed by atoms with Gasteiger partial charge in [-0.15, -0.1) is 0 Å². The Labute approximate surface area is 769 Å². The number of rotatable bonds is 24. The number of carboxylic acids is 6. The molecule has 0 atom stereocenters. The number of aromatic nitrogens is 10. The first-order chi connectivity index (χ1) is 57.5. The summed E-state index contributed by atoms with van der Waals surface area (Å²) in [4.78, 5) is 98.0. The normalized spacial score (nSPS) is 10.5. The van der Waals surface area contributed by atoms with Gasteiger partial charge in [0.1, 0.15) is 0 Å². The first kappa shape index (κ1) is 92.4. The standard InChI is InChI=1S/2C12H8N2.6C12H13NO2.2Yb/c2*1-3-9-5-6-10-4-2-8-14-12(10)11(9)13-7-1;6*14-12(15)7-3-4-9-8-13-11-6-2-1-5-10(9)11;;/h2*1-8H;6*1-2,5-6,8,13H,3-4,7H2,(H,14,15);;/q;;;;;;;;2*+3/p-6. The predicted octanol–water partition coefficient (Wildman–Crippen LogP) is 13.0. The molecule has 24 heteroatoms. The van der Waals surface area contributed by atoms with E-state index in [1.165, 1.54) is 65.7 Å². The van der Waals surface area contributed by atoms with Crippen molar-refractivity contribution in [2.24, 2.45) is 0 Å². The van der Waals surface area contributed by atoms with Gasteiger partial charge in [0.2, 0.25) is 0 Å². The molecule has 622 valence electrons. The third kappa shape index (κ3) is 27.8. The summed E-state index contributed by atoms with van der Waals surface area (Å²) in [7, 11) is 0. The number of aromatic amines is 6. The monoisotopic (exact) mass is 1920 g/mol. The second-order valence-corrected chi connectivity index (χ2v) is 27.9. The number of carbonyl (C=O) groups excluding carboxylic acids is 6. The van der Waals surface area contributed by atoms with Crippen LogP contribution in [-0.4, -0.2) is 85.7 Å². The van der Waals surface area contributed by atoms with Crippen molar-refractivity contribution in [3.8, 4) is 0 Å². The minimum absolute atomic E-state index is 0. The van der Waals surface area contributed by atoms with E-state index in [1.54, 1.807) is 24.8 Å². The van der Waals surface area contributed by atoms with Crippen LogP contribution in [-0.2, 0) is 67.3 Å². The molecule has 0 saturated carbocycles. The fourth-order valence-corrected chi connectivity index (χ4v) is 13.9. The molecule has 0 unspecified atom stereocenters. The summed E-state index contributed by atoms with van der Waals surface area (Å²) in [5.41, 5.74) is 17.5. The van der Waals surface area contributed by atoms with Crippen LogP contribution in [0.2, 0.25) is 0 Å². The number of carbonyl (C=O) groups is 6. The van der Waals surface area contributed by atoms with Crippen molar-refractivity contribution in [1.82, 2.24) is 49.8 Å². The number of nitrogens with one attached hydrogen (secondary N) is 6. The van der Waals surface area contributed by atoms with Crippen molar-refractivity contribution in [3.05, 3.63) is 314 Å². The van der Waals surface area contributed by atoms with E-state index in [4.69, 9.17) is 0 Å². The average Bonchev–Trinajstić information content (AvgIpc) is 1.28. The summed E-state index contributed by atoms with van der Waals surface area (Å²) in [6, 6.07) is 72.4. The van der Waals surface area contributed by atoms with Crippen LogP contribution in [0.25, 0.3) is 109 Å². The summed E-state index contributed by atoms with van der Waals surface area (Å²) >= 11 is 0. The number of aliphatic carboxylic acids is 6. The van der Waals surface area contributed by atoms with Gasteiger partial charge >= 0.3 is 93.8 Å². The molecule has 0 aliphatic carbocycles. The van der Waals surface area contributed by atoms with E-state index in [0.29, 0.717) is 38.5 Å². The molecule has 0 saturated heterocycles. The second-order valence-electron chi connectivity index (χ2n) is 27.9. The Bertz CT molecular complexity index is 5430. The zero-order chi connectivity index (χ0) is 82.8. The largest absolute Gasteiger partial charge is 3.00 e. The van der Waals surface area contributed by atoms with Crippen LogP contribution >= 0.6 is 0 Å². The number of carboxylic acid groups (broad SMARTS) is 6. The molecule has 0 aliphatic rings. The molecule has 8 aromatic carbocycles. The zero-order valence-corrected chi connectivity index (χ0v) is 68.9. The Kier molecular flexibility index (Phi) is 37.4. The minimum Gasteiger partial charge on any atom is -0.550 e. The van der Waals surface area contributed by atoms with E-state index in [9.17, 15) is 59.4 Å². The number of hydrogen-bond donors (Lipinski definition) is 6.